The van der Waals surface area contributed by atoms with Gasteiger partial charge in [0.1, 0.15) is 24.4 Å². The monoisotopic (exact) mass is 432 g/mol. The molecular formula is C25H36O6. The summed E-state index contributed by atoms with van der Waals surface area (Å²) in [6.07, 6.45) is 1.27. The van der Waals surface area contributed by atoms with E-state index < -0.39 is 40.5 Å². The second-order valence-electron chi connectivity index (χ2n) is 11.9. The van der Waals surface area contributed by atoms with E-state index in [0.717, 1.165) is 6.42 Å². The highest BCUT2D eigenvalue weighted by Gasteiger charge is 2.75. The molecule has 4 aliphatic carbocycles. The van der Waals surface area contributed by atoms with Crippen LogP contribution in [-0.4, -0.2) is 51.5 Å². The molecule has 31 heavy (non-hydrogen) atoms. The van der Waals surface area contributed by atoms with Crippen LogP contribution >= 0.6 is 0 Å². The summed E-state index contributed by atoms with van der Waals surface area (Å²) in [5, 5.41) is 34.4. The van der Waals surface area contributed by atoms with Crippen molar-refractivity contribution in [1.29, 1.82) is 0 Å². The number of carbonyl (C=O) groups excluding carboxylic acids is 2. The predicted molar refractivity (Wildman–Crippen MR) is 115 cm³/mol. The van der Waals surface area contributed by atoms with Gasteiger partial charge in [-0.25, -0.2) is 0 Å². The van der Waals surface area contributed by atoms with Crippen LogP contribution in [0.25, 0.3) is 0 Å². The Hall–Kier alpha value is -1.50. The number of fused-ring (bicyclic) bond motifs is 3. The number of hydrogen-bond acceptors (Lipinski definition) is 6. The van der Waals surface area contributed by atoms with Gasteiger partial charge in [0.25, 0.3) is 0 Å². The molecule has 0 aromatic carbocycles. The first kappa shape index (κ1) is 22.7. The molecule has 6 heteroatoms. The zero-order chi connectivity index (χ0) is 23.3. The van der Waals surface area contributed by atoms with Crippen molar-refractivity contribution in [1.82, 2.24) is 0 Å². The van der Waals surface area contributed by atoms with Gasteiger partial charge in [-0.1, -0.05) is 32.9 Å². The third-order valence-corrected chi connectivity index (χ3v) is 8.73. The van der Waals surface area contributed by atoms with Crippen LogP contribution < -0.4 is 0 Å². The van der Waals surface area contributed by atoms with Crippen molar-refractivity contribution < 1.29 is 29.6 Å². The molecule has 1 spiro atoms. The SMILES string of the molecule is CC1=C[C@]23C(=O)[C@@H](C=C(COC(=O)C(C)(C)C)[C@@H](O)[C@]2(O)[C@H]1O)[C@H]1[C@@H](C[C@H]3C)C1(C)C. The predicted octanol–water partition coefficient (Wildman–Crippen LogP) is 2.41. The number of aliphatic hydroxyl groups excluding tert-OH is 2. The highest BCUT2D eigenvalue weighted by molar-refractivity contribution is 5.95. The van der Waals surface area contributed by atoms with Crippen LogP contribution in [-0.2, 0) is 14.3 Å². The molecule has 0 aromatic rings. The Kier molecular flexibility index (Phi) is 4.77. The summed E-state index contributed by atoms with van der Waals surface area (Å²) in [6, 6.07) is 0. The molecule has 2 saturated carbocycles. The molecule has 4 rings (SSSR count). The van der Waals surface area contributed by atoms with E-state index in [0.29, 0.717) is 11.5 Å². The van der Waals surface area contributed by atoms with Gasteiger partial charge in [0.15, 0.2) is 5.78 Å². The van der Waals surface area contributed by atoms with Gasteiger partial charge in [-0.15, -0.1) is 0 Å². The van der Waals surface area contributed by atoms with Gasteiger partial charge in [0.2, 0.25) is 0 Å². The molecule has 0 amide bonds. The summed E-state index contributed by atoms with van der Waals surface area (Å²) in [5.41, 5.74) is -3.44. The van der Waals surface area contributed by atoms with Crippen LogP contribution in [0.2, 0.25) is 0 Å². The summed E-state index contributed by atoms with van der Waals surface area (Å²) in [6.45, 7) is 12.9. The minimum atomic E-state index is -2.09. The number of hydrogen-bond donors (Lipinski definition) is 3. The van der Waals surface area contributed by atoms with E-state index in [-0.39, 0.29) is 35.2 Å². The first-order valence-electron chi connectivity index (χ1n) is 11.3. The van der Waals surface area contributed by atoms with Crippen LogP contribution in [0.3, 0.4) is 0 Å². The maximum atomic E-state index is 14.1. The van der Waals surface area contributed by atoms with E-state index in [1.165, 1.54) is 0 Å². The molecule has 4 aliphatic rings. The summed E-state index contributed by atoms with van der Waals surface area (Å²) in [4.78, 5) is 26.5. The maximum Gasteiger partial charge on any atom is 0.311 e. The Bertz CT molecular complexity index is 892. The summed E-state index contributed by atoms with van der Waals surface area (Å²) in [7, 11) is 0. The minimum Gasteiger partial charge on any atom is -0.461 e. The second kappa shape index (κ2) is 6.52. The first-order chi connectivity index (χ1) is 14.1. The number of Topliss-reactive ketones (excluding diaryl/α,β-unsaturated/α-hetero) is 1. The minimum absolute atomic E-state index is 0.0245. The van der Waals surface area contributed by atoms with Gasteiger partial charge in [0, 0.05) is 5.92 Å². The number of esters is 1. The average Bonchev–Trinajstić information content (AvgIpc) is 3.16. The highest BCUT2D eigenvalue weighted by Crippen LogP contribution is 2.71. The summed E-state index contributed by atoms with van der Waals surface area (Å²) >= 11 is 0. The molecule has 172 valence electrons. The van der Waals surface area contributed by atoms with E-state index in [9.17, 15) is 24.9 Å². The van der Waals surface area contributed by atoms with Crippen molar-refractivity contribution in [3.63, 3.8) is 0 Å². The lowest BCUT2D eigenvalue weighted by molar-refractivity contribution is -0.190. The average molecular weight is 433 g/mol. The second-order valence-corrected chi connectivity index (χ2v) is 11.9. The molecule has 0 aliphatic heterocycles. The maximum absolute atomic E-state index is 14.1. The molecule has 0 aromatic heterocycles. The largest absolute Gasteiger partial charge is 0.461 e. The molecule has 6 nitrogen and oxygen atoms in total. The molecule has 0 saturated heterocycles. The molecular weight excluding hydrogens is 396 g/mol. The van der Waals surface area contributed by atoms with Gasteiger partial charge >= 0.3 is 5.97 Å². The van der Waals surface area contributed by atoms with Gasteiger partial charge in [0.05, 0.1) is 10.8 Å². The van der Waals surface area contributed by atoms with Crippen molar-refractivity contribution in [2.45, 2.75) is 72.7 Å². The molecule has 8 atom stereocenters. The molecule has 3 N–H and O–H groups in total. The van der Waals surface area contributed by atoms with Crippen molar-refractivity contribution >= 4 is 11.8 Å². The number of allylic oxidation sites excluding steroid dienone is 1. The zero-order valence-corrected chi connectivity index (χ0v) is 19.6. The van der Waals surface area contributed by atoms with E-state index in [1.807, 2.05) is 6.92 Å². The Morgan fingerprint density at radius 2 is 1.84 bits per heavy atom. The van der Waals surface area contributed by atoms with Crippen LogP contribution in [0.5, 0.6) is 0 Å². The summed E-state index contributed by atoms with van der Waals surface area (Å²) < 4.78 is 5.48. The third kappa shape index (κ3) is 2.74. The lowest BCUT2D eigenvalue weighted by Gasteiger charge is -2.48. The van der Waals surface area contributed by atoms with E-state index in [2.05, 4.69) is 13.8 Å². The van der Waals surface area contributed by atoms with Crippen LogP contribution in [0.15, 0.2) is 23.3 Å². The molecule has 0 radical (unpaired) electrons. The highest BCUT2D eigenvalue weighted by atomic mass is 16.5. The van der Waals surface area contributed by atoms with E-state index in [1.54, 1.807) is 39.8 Å². The number of ketones is 1. The Labute approximate surface area is 184 Å². The van der Waals surface area contributed by atoms with Crippen molar-refractivity contribution in [3.05, 3.63) is 23.3 Å². The van der Waals surface area contributed by atoms with Crippen LogP contribution in [0.4, 0.5) is 0 Å². The van der Waals surface area contributed by atoms with Gasteiger partial charge in [-0.05, 0) is 68.4 Å². The fourth-order valence-corrected chi connectivity index (χ4v) is 6.78. The number of ether oxygens (including phenoxy) is 1. The van der Waals surface area contributed by atoms with Gasteiger partial charge in [-0.3, -0.25) is 9.59 Å². The number of aliphatic hydroxyl groups is 3. The lowest BCUT2D eigenvalue weighted by Crippen LogP contribution is -2.65. The fraction of sp³-hybridized carbons (Fsp3) is 0.760. The smallest absolute Gasteiger partial charge is 0.311 e. The fourth-order valence-electron chi connectivity index (χ4n) is 6.78. The quantitative estimate of drug-likeness (QED) is 0.457. The van der Waals surface area contributed by atoms with Crippen LogP contribution in [0, 0.1) is 39.9 Å². The molecule has 0 heterocycles. The van der Waals surface area contributed by atoms with E-state index >= 15 is 0 Å². The van der Waals surface area contributed by atoms with Crippen molar-refractivity contribution in [2.75, 3.05) is 6.61 Å². The molecule has 2 bridgehead atoms. The Balaban J connectivity index is 1.84. The Morgan fingerprint density at radius 1 is 1.23 bits per heavy atom. The molecule has 0 unspecified atom stereocenters. The van der Waals surface area contributed by atoms with Crippen LogP contribution in [0.1, 0.15) is 54.9 Å². The van der Waals surface area contributed by atoms with Gasteiger partial charge < -0.3 is 20.1 Å². The number of rotatable bonds is 2. The topological polar surface area (TPSA) is 104 Å². The number of carbonyl (C=O) groups is 2. The first-order valence-corrected chi connectivity index (χ1v) is 11.3. The van der Waals surface area contributed by atoms with Gasteiger partial charge in [-0.2, -0.15) is 0 Å². The standard InChI is InChI=1S/C25H36O6/c1-12-10-24-13(2)8-16-17(23(16,6)7)15(20(24)28)9-14(11-31-21(29)22(3,4)5)19(27)25(24,30)18(12)26/h9-10,13,15-19,26-27,30H,8,11H2,1-7H3/t13-,15+,16-,17+,18+,19-,24+,25-/m1/s1. The molecule has 2 fully saturated rings. The van der Waals surface area contributed by atoms with E-state index in [4.69, 9.17) is 4.74 Å². The summed E-state index contributed by atoms with van der Waals surface area (Å²) in [5.74, 6) is -0.931. The Morgan fingerprint density at radius 3 is 2.42 bits per heavy atom. The van der Waals surface area contributed by atoms with Crippen molar-refractivity contribution in [2.24, 2.45) is 39.9 Å². The lowest BCUT2D eigenvalue weighted by atomic mass is 9.59. The van der Waals surface area contributed by atoms with Crippen molar-refractivity contribution in [3.8, 4) is 0 Å². The zero-order valence-electron chi connectivity index (χ0n) is 19.6. The third-order valence-electron chi connectivity index (χ3n) is 8.73. The normalized spacial score (nSPS) is 45.5.